The number of nitrogens with zero attached hydrogens (tertiary/aromatic N) is 3. The number of para-hydroxylation sites is 1. The van der Waals surface area contributed by atoms with Gasteiger partial charge in [0.15, 0.2) is 0 Å². The van der Waals surface area contributed by atoms with Crippen molar-refractivity contribution in [2.45, 2.75) is 44.2 Å². The quantitative estimate of drug-likeness (QED) is 0.628. The molecule has 3 aliphatic rings. The molecule has 158 valence electrons. The van der Waals surface area contributed by atoms with Gasteiger partial charge in [0.05, 0.1) is 5.52 Å². The average Bonchev–Trinajstić information content (AvgIpc) is 2.82. The summed E-state index contributed by atoms with van der Waals surface area (Å²) in [5.74, 6) is 2.50. The molecule has 3 fully saturated rings. The maximum absolute atomic E-state index is 13.1. The average molecular weight is 412 g/mol. The van der Waals surface area contributed by atoms with E-state index in [-0.39, 0.29) is 0 Å². The first-order valence-corrected chi connectivity index (χ1v) is 11.7. The van der Waals surface area contributed by atoms with Gasteiger partial charge >= 0.3 is 0 Å². The fourth-order valence-electron chi connectivity index (χ4n) is 6.31. The number of hydrogen-bond donors (Lipinski definition) is 0. The van der Waals surface area contributed by atoms with Crippen LogP contribution in [0.15, 0.2) is 66.7 Å². The standard InChI is InChI=1S/C27H29N3O/c31-27-12-6-11-24-21-16-22(25(30(24)27)15-19-7-2-1-3-8-19)18-29(17-21)26-14-13-20-9-4-5-10-23(20)28-26/h1-5,7-10,13-14,21-22,24-25H,6,11-12,15-18H2/t21-,22+,24+,25+/m1/s1. The number of pyridine rings is 1. The first kappa shape index (κ1) is 18.9. The smallest absolute Gasteiger partial charge is 0.223 e. The molecule has 1 aromatic heterocycles. The van der Waals surface area contributed by atoms with E-state index in [0.29, 0.717) is 29.8 Å². The van der Waals surface area contributed by atoms with Crippen LogP contribution in [0.5, 0.6) is 0 Å². The van der Waals surface area contributed by atoms with E-state index in [1.165, 1.54) is 17.4 Å². The zero-order chi connectivity index (χ0) is 20.8. The van der Waals surface area contributed by atoms with Gasteiger partial charge in [-0.3, -0.25) is 4.79 Å². The molecule has 0 unspecified atom stereocenters. The van der Waals surface area contributed by atoms with E-state index in [1.807, 2.05) is 0 Å². The molecular weight excluding hydrogens is 382 g/mol. The number of benzene rings is 2. The van der Waals surface area contributed by atoms with Gasteiger partial charge in [-0.15, -0.1) is 0 Å². The van der Waals surface area contributed by atoms with Gasteiger partial charge in [0.2, 0.25) is 5.91 Å². The molecule has 4 nitrogen and oxygen atoms in total. The number of fused-ring (bicyclic) bond motifs is 5. The Kier molecular flexibility index (Phi) is 4.66. The van der Waals surface area contributed by atoms with Crippen LogP contribution in [-0.4, -0.2) is 41.0 Å². The maximum Gasteiger partial charge on any atom is 0.223 e. The van der Waals surface area contributed by atoms with Crippen LogP contribution < -0.4 is 4.90 Å². The van der Waals surface area contributed by atoms with Gasteiger partial charge in [0.1, 0.15) is 5.82 Å². The van der Waals surface area contributed by atoms with Gasteiger partial charge < -0.3 is 9.80 Å². The molecule has 0 N–H and O–H groups in total. The molecule has 4 atom stereocenters. The summed E-state index contributed by atoms with van der Waals surface area (Å²) in [5.41, 5.74) is 2.40. The molecule has 6 rings (SSSR count). The summed E-state index contributed by atoms with van der Waals surface area (Å²) in [5, 5.41) is 1.19. The van der Waals surface area contributed by atoms with Crippen molar-refractivity contribution in [3.8, 4) is 0 Å². The minimum Gasteiger partial charge on any atom is -0.356 e. The van der Waals surface area contributed by atoms with E-state index in [0.717, 1.165) is 50.1 Å². The summed E-state index contributed by atoms with van der Waals surface area (Å²) in [6, 6.07) is 24.1. The van der Waals surface area contributed by atoms with Crippen LogP contribution in [0.4, 0.5) is 5.82 Å². The van der Waals surface area contributed by atoms with Crippen molar-refractivity contribution < 1.29 is 4.79 Å². The normalized spacial score (nSPS) is 27.9. The number of hydrogen-bond acceptors (Lipinski definition) is 3. The van der Waals surface area contributed by atoms with Crippen molar-refractivity contribution in [3.05, 3.63) is 72.3 Å². The Morgan fingerprint density at radius 1 is 0.903 bits per heavy atom. The molecule has 3 saturated heterocycles. The number of carbonyl (C=O) groups excluding carboxylic acids is 1. The van der Waals surface area contributed by atoms with E-state index in [1.54, 1.807) is 0 Å². The third-order valence-electron chi connectivity index (χ3n) is 7.69. The molecule has 1 amide bonds. The zero-order valence-corrected chi connectivity index (χ0v) is 17.9. The Bertz CT molecular complexity index is 1100. The Morgan fingerprint density at radius 2 is 1.71 bits per heavy atom. The van der Waals surface area contributed by atoms with Crippen LogP contribution in [0.3, 0.4) is 0 Å². The Balaban J connectivity index is 1.34. The lowest BCUT2D eigenvalue weighted by molar-refractivity contribution is -0.148. The van der Waals surface area contributed by atoms with E-state index in [9.17, 15) is 4.79 Å². The lowest BCUT2D eigenvalue weighted by Gasteiger charge is -2.57. The Morgan fingerprint density at radius 3 is 2.61 bits per heavy atom. The fourth-order valence-corrected chi connectivity index (χ4v) is 6.31. The highest BCUT2D eigenvalue weighted by atomic mass is 16.2. The fraction of sp³-hybridized carbons (Fsp3) is 0.407. The monoisotopic (exact) mass is 411 g/mol. The van der Waals surface area contributed by atoms with Crippen LogP contribution >= 0.6 is 0 Å². The van der Waals surface area contributed by atoms with Gasteiger partial charge in [0.25, 0.3) is 0 Å². The third-order valence-corrected chi connectivity index (χ3v) is 7.69. The summed E-state index contributed by atoms with van der Waals surface area (Å²) >= 11 is 0. The van der Waals surface area contributed by atoms with Crippen LogP contribution in [-0.2, 0) is 11.2 Å². The van der Waals surface area contributed by atoms with E-state index in [4.69, 9.17) is 4.98 Å². The number of piperidine rings is 3. The highest BCUT2D eigenvalue weighted by Crippen LogP contribution is 2.43. The highest BCUT2D eigenvalue weighted by molar-refractivity contribution is 5.80. The molecule has 4 heterocycles. The molecular formula is C27H29N3O. The van der Waals surface area contributed by atoms with Gasteiger partial charge in [-0.25, -0.2) is 4.98 Å². The van der Waals surface area contributed by atoms with Crippen molar-refractivity contribution in [2.75, 3.05) is 18.0 Å². The number of carbonyl (C=O) groups is 1. The summed E-state index contributed by atoms with van der Waals surface area (Å²) in [6.07, 6.45) is 5.09. The first-order chi connectivity index (χ1) is 15.3. The first-order valence-electron chi connectivity index (χ1n) is 11.7. The predicted molar refractivity (Wildman–Crippen MR) is 124 cm³/mol. The second-order valence-electron chi connectivity index (χ2n) is 9.54. The number of rotatable bonds is 3. The van der Waals surface area contributed by atoms with Crippen molar-refractivity contribution in [2.24, 2.45) is 11.8 Å². The molecule has 0 spiro atoms. The van der Waals surface area contributed by atoms with Crippen LogP contribution in [0.1, 0.15) is 31.2 Å². The molecule has 31 heavy (non-hydrogen) atoms. The number of aromatic nitrogens is 1. The van der Waals surface area contributed by atoms with Crippen molar-refractivity contribution in [1.29, 1.82) is 0 Å². The molecule has 4 heteroatoms. The van der Waals surface area contributed by atoms with Crippen LogP contribution in [0.2, 0.25) is 0 Å². The van der Waals surface area contributed by atoms with E-state index in [2.05, 4.69) is 76.5 Å². The van der Waals surface area contributed by atoms with Gasteiger partial charge in [-0.2, -0.15) is 0 Å². The molecule has 3 aromatic rings. The number of anilines is 1. The van der Waals surface area contributed by atoms with Crippen LogP contribution in [0, 0.1) is 11.8 Å². The van der Waals surface area contributed by atoms with Crippen molar-refractivity contribution >= 4 is 22.6 Å². The van der Waals surface area contributed by atoms with Gasteiger partial charge in [-0.1, -0.05) is 48.5 Å². The number of amides is 1. The Hall–Kier alpha value is -2.88. The second kappa shape index (κ2) is 7.67. The summed E-state index contributed by atoms with van der Waals surface area (Å²) < 4.78 is 0. The largest absolute Gasteiger partial charge is 0.356 e. The lowest BCUT2D eigenvalue weighted by Crippen LogP contribution is -2.65. The highest BCUT2D eigenvalue weighted by Gasteiger charge is 2.49. The van der Waals surface area contributed by atoms with Gasteiger partial charge in [-0.05, 0) is 61.3 Å². The molecule has 2 bridgehead atoms. The Labute approximate surface area is 183 Å². The molecule has 2 aromatic carbocycles. The third kappa shape index (κ3) is 3.38. The lowest BCUT2D eigenvalue weighted by atomic mass is 9.71. The molecule has 0 aliphatic carbocycles. The van der Waals surface area contributed by atoms with E-state index >= 15 is 0 Å². The molecule has 3 aliphatic heterocycles. The maximum atomic E-state index is 13.1. The zero-order valence-electron chi connectivity index (χ0n) is 17.9. The summed E-state index contributed by atoms with van der Waals surface area (Å²) in [6.45, 7) is 1.99. The summed E-state index contributed by atoms with van der Waals surface area (Å²) in [7, 11) is 0. The molecule has 0 saturated carbocycles. The predicted octanol–water partition coefficient (Wildman–Crippen LogP) is 4.68. The second-order valence-corrected chi connectivity index (χ2v) is 9.54. The topological polar surface area (TPSA) is 36.4 Å². The van der Waals surface area contributed by atoms with Crippen molar-refractivity contribution in [1.82, 2.24) is 9.88 Å². The SMILES string of the molecule is O=C1CCC[C@H]2[C@@H]3C[C@@H](CN(c4ccc5ccccc5n4)C3)[C@H](Cc3ccccc3)N12. The summed E-state index contributed by atoms with van der Waals surface area (Å²) in [4.78, 5) is 22.9. The van der Waals surface area contributed by atoms with Crippen LogP contribution in [0.25, 0.3) is 10.9 Å². The minimum absolute atomic E-state index is 0.291. The molecule has 0 radical (unpaired) electrons. The van der Waals surface area contributed by atoms with Crippen molar-refractivity contribution in [3.63, 3.8) is 0 Å². The van der Waals surface area contributed by atoms with Gasteiger partial charge in [0, 0.05) is 37.0 Å². The minimum atomic E-state index is 0.291. The van der Waals surface area contributed by atoms with E-state index < -0.39 is 0 Å².